The van der Waals surface area contributed by atoms with E-state index in [1.165, 1.54) is 0 Å². The Bertz CT molecular complexity index is 1030. The lowest BCUT2D eigenvalue weighted by atomic mass is 10.1. The highest BCUT2D eigenvalue weighted by Gasteiger charge is 2.25. The van der Waals surface area contributed by atoms with Crippen LogP contribution in [0.5, 0.6) is 5.75 Å². The minimum absolute atomic E-state index is 0.0983. The first-order valence-corrected chi connectivity index (χ1v) is 10.3. The maximum Gasteiger partial charge on any atom is 0.282 e. The molecule has 2 N–H and O–H groups in total. The number of carbonyl (C=O) groups is 1. The smallest absolute Gasteiger partial charge is 0.282 e. The second-order valence-electron chi connectivity index (χ2n) is 7.48. The summed E-state index contributed by atoms with van der Waals surface area (Å²) in [5, 5.41) is 8.19. The van der Waals surface area contributed by atoms with Crippen LogP contribution in [0.15, 0.2) is 48.5 Å². The zero-order chi connectivity index (χ0) is 21.8. The lowest BCUT2D eigenvalue weighted by Gasteiger charge is -2.22. The number of ether oxygens (including phenoxy) is 1. The van der Waals surface area contributed by atoms with E-state index < -0.39 is 0 Å². The SMILES string of the molecule is COc1ccc(Cl)cc1NC(=O)[C@H](C)[NH+](C)Cc1c(C)nn(-c2ccccc2)c1C. The number of benzene rings is 2. The van der Waals surface area contributed by atoms with Crippen molar-refractivity contribution in [1.29, 1.82) is 0 Å². The zero-order valence-corrected chi connectivity index (χ0v) is 18.7. The Morgan fingerprint density at radius 3 is 2.60 bits per heavy atom. The molecule has 6 nitrogen and oxygen atoms in total. The minimum Gasteiger partial charge on any atom is -0.495 e. The molecule has 3 aromatic rings. The van der Waals surface area contributed by atoms with E-state index in [-0.39, 0.29) is 11.9 Å². The maximum absolute atomic E-state index is 12.9. The number of aryl methyl sites for hydroxylation is 1. The first kappa shape index (κ1) is 21.9. The molecule has 7 heteroatoms. The molecule has 0 spiro atoms. The summed E-state index contributed by atoms with van der Waals surface area (Å²) >= 11 is 6.07. The average molecular weight is 428 g/mol. The molecule has 0 aliphatic rings. The van der Waals surface area contributed by atoms with Crippen LogP contribution in [0.4, 0.5) is 5.69 Å². The summed E-state index contributed by atoms with van der Waals surface area (Å²) in [4.78, 5) is 13.9. The number of carbonyl (C=O) groups excluding carboxylic acids is 1. The van der Waals surface area contributed by atoms with E-state index in [1.807, 2.05) is 55.9 Å². The third-order valence-corrected chi connectivity index (χ3v) is 5.68. The topological polar surface area (TPSA) is 60.6 Å². The van der Waals surface area contributed by atoms with Crippen LogP contribution in [-0.4, -0.2) is 35.9 Å². The molecule has 0 saturated carbocycles. The third-order valence-electron chi connectivity index (χ3n) is 5.45. The number of anilines is 1. The van der Waals surface area contributed by atoms with E-state index in [4.69, 9.17) is 21.4 Å². The van der Waals surface area contributed by atoms with Gasteiger partial charge in [0.05, 0.1) is 42.5 Å². The van der Waals surface area contributed by atoms with Crippen LogP contribution in [0.2, 0.25) is 5.02 Å². The highest BCUT2D eigenvalue weighted by molar-refractivity contribution is 6.31. The van der Waals surface area contributed by atoms with Crippen molar-refractivity contribution < 1.29 is 14.4 Å². The molecular weight excluding hydrogens is 400 g/mol. The Morgan fingerprint density at radius 1 is 1.23 bits per heavy atom. The van der Waals surface area contributed by atoms with Gasteiger partial charge < -0.3 is 15.0 Å². The predicted octanol–water partition coefficient (Wildman–Crippen LogP) is 3.19. The molecule has 0 saturated heterocycles. The quantitative estimate of drug-likeness (QED) is 0.608. The largest absolute Gasteiger partial charge is 0.495 e. The van der Waals surface area contributed by atoms with Crippen molar-refractivity contribution in [2.75, 3.05) is 19.5 Å². The van der Waals surface area contributed by atoms with Crippen molar-refractivity contribution >= 4 is 23.2 Å². The fraction of sp³-hybridized carbons (Fsp3) is 0.304. The lowest BCUT2D eigenvalue weighted by molar-refractivity contribution is -0.907. The van der Waals surface area contributed by atoms with Crippen LogP contribution in [0.1, 0.15) is 23.9 Å². The number of rotatable bonds is 7. The van der Waals surface area contributed by atoms with Gasteiger partial charge in [-0.15, -0.1) is 0 Å². The Balaban J connectivity index is 1.75. The standard InChI is InChI=1S/C23H27ClN4O2/c1-15-20(16(2)28(26-15)19-9-7-6-8-10-19)14-27(4)17(3)23(29)25-21-13-18(24)11-12-22(21)30-5/h6-13,17H,14H2,1-5H3,(H,25,29)/p+1/t17-/m0/s1. The number of hydrogen-bond donors (Lipinski definition) is 2. The van der Waals surface area contributed by atoms with Crippen molar-refractivity contribution in [3.05, 3.63) is 70.5 Å². The number of quaternary nitrogens is 1. The van der Waals surface area contributed by atoms with Crippen molar-refractivity contribution in [1.82, 2.24) is 9.78 Å². The summed E-state index contributed by atoms with van der Waals surface area (Å²) in [6.45, 7) is 6.67. The molecule has 0 aliphatic heterocycles. The molecule has 1 unspecified atom stereocenters. The number of amides is 1. The number of methoxy groups -OCH3 is 1. The zero-order valence-electron chi connectivity index (χ0n) is 18.0. The molecule has 2 aromatic carbocycles. The van der Waals surface area contributed by atoms with E-state index in [1.54, 1.807) is 25.3 Å². The molecular formula is C23H28ClN4O2+. The number of halogens is 1. The highest BCUT2D eigenvalue weighted by Crippen LogP contribution is 2.27. The molecule has 0 bridgehead atoms. The fourth-order valence-corrected chi connectivity index (χ4v) is 3.60. The van der Waals surface area contributed by atoms with Crippen LogP contribution in [0.25, 0.3) is 5.69 Å². The normalized spacial score (nSPS) is 13.0. The molecule has 30 heavy (non-hydrogen) atoms. The maximum atomic E-state index is 12.9. The number of aromatic nitrogens is 2. The number of likely N-dealkylation sites (N-methyl/N-ethyl adjacent to an activating group) is 1. The van der Waals surface area contributed by atoms with E-state index in [0.717, 1.165) is 27.5 Å². The van der Waals surface area contributed by atoms with Gasteiger partial charge in [-0.2, -0.15) is 5.10 Å². The van der Waals surface area contributed by atoms with E-state index in [2.05, 4.69) is 12.2 Å². The van der Waals surface area contributed by atoms with Gasteiger partial charge in [0.2, 0.25) is 0 Å². The van der Waals surface area contributed by atoms with E-state index in [9.17, 15) is 4.79 Å². The number of nitrogens with zero attached hydrogens (tertiary/aromatic N) is 2. The Kier molecular flexibility index (Phi) is 6.80. The van der Waals surface area contributed by atoms with Gasteiger partial charge in [-0.25, -0.2) is 4.68 Å². The van der Waals surface area contributed by atoms with E-state index >= 15 is 0 Å². The van der Waals surface area contributed by atoms with Crippen molar-refractivity contribution in [3.63, 3.8) is 0 Å². The molecule has 0 radical (unpaired) electrons. The molecule has 0 aliphatic carbocycles. The van der Waals surface area contributed by atoms with Crippen LogP contribution in [0.3, 0.4) is 0 Å². The summed E-state index contributed by atoms with van der Waals surface area (Å²) in [5.74, 6) is 0.479. The summed E-state index contributed by atoms with van der Waals surface area (Å²) in [6.07, 6.45) is 0. The highest BCUT2D eigenvalue weighted by atomic mass is 35.5. The summed E-state index contributed by atoms with van der Waals surface area (Å²) < 4.78 is 7.28. The van der Waals surface area contributed by atoms with Crippen LogP contribution < -0.4 is 15.0 Å². The Hall–Kier alpha value is -2.83. The third kappa shape index (κ3) is 4.66. The Labute approximate surface area is 182 Å². The molecule has 1 amide bonds. The van der Waals surface area contributed by atoms with Gasteiger partial charge >= 0.3 is 0 Å². The van der Waals surface area contributed by atoms with Crippen molar-refractivity contribution in [2.24, 2.45) is 0 Å². The fourth-order valence-electron chi connectivity index (χ4n) is 3.43. The molecule has 1 heterocycles. The average Bonchev–Trinajstić information content (AvgIpc) is 3.02. The minimum atomic E-state index is -0.285. The second kappa shape index (κ2) is 9.32. The van der Waals surface area contributed by atoms with Crippen molar-refractivity contribution in [3.8, 4) is 11.4 Å². The van der Waals surface area contributed by atoms with Gasteiger partial charge in [0, 0.05) is 5.02 Å². The van der Waals surface area contributed by atoms with E-state index in [0.29, 0.717) is 23.0 Å². The molecule has 0 fully saturated rings. The van der Waals surface area contributed by atoms with Gasteiger partial charge in [0.25, 0.3) is 5.91 Å². The number of nitrogens with one attached hydrogen (secondary N) is 2. The van der Waals surface area contributed by atoms with Gasteiger partial charge in [-0.1, -0.05) is 29.8 Å². The molecule has 3 rings (SSSR count). The van der Waals surface area contributed by atoms with Crippen LogP contribution >= 0.6 is 11.6 Å². The molecule has 158 valence electrons. The van der Waals surface area contributed by atoms with Gasteiger partial charge in [0.1, 0.15) is 12.3 Å². The predicted molar refractivity (Wildman–Crippen MR) is 120 cm³/mol. The van der Waals surface area contributed by atoms with Gasteiger partial charge in [-0.3, -0.25) is 4.79 Å². The number of para-hydroxylation sites is 1. The molecule has 1 aromatic heterocycles. The summed E-state index contributed by atoms with van der Waals surface area (Å²) in [7, 11) is 3.58. The lowest BCUT2D eigenvalue weighted by Crippen LogP contribution is -3.12. The summed E-state index contributed by atoms with van der Waals surface area (Å²) in [6, 6.07) is 14.9. The van der Waals surface area contributed by atoms with Gasteiger partial charge in [-0.05, 0) is 51.1 Å². The second-order valence-corrected chi connectivity index (χ2v) is 7.91. The van der Waals surface area contributed by atoms with Crippen molar-refractivity contribution in [2.45, 2.75) is 33.4 Å². The van der Waals surface area contributed by atoms with Crippen LogP contribution in [-0.2, 0) is 11.3 Å². The summed E-state index contributed by atoms with van der Waals surface area (Å²) in [5.41, 5.74) is 4.80. The first-order valence-electron chi connectivity index (χ1n) is 9.89. The monoisotopic (exact) mass is 427 g/mol. The van der Waals surface area contributed by atoms with Gasteiger partial charge in [0.15, 0.2) is 6.04 Å². The molecule has 2 atom stereocenters. The first-order chi connectivity index (χ1) is 14.3. The number of hydrogen-bond acceptors (Lipinski definition) is 3. The van der Waals surface area contributed by atoms with Crippen LogP contribution in [0, 0.1) is 13.8 Å². The Morgan fingerprint density at radius 2 is 1.93 bits per heavy atom.